The summed E-state index contributed by atoms with van der Waals surface area (Å²) in [5.41, 5.74) is -1.19. The third-order valence-electron chi connectivity index (χ3n) is 6.67. The van der Waals surface area contributed by atoms with Crippen LogP contribution in [-0.4, -0.2) is 44.3 Å². The quantitative estimate of drug-likeness (QED) is 0.202. The molecular formula is C30H32Cl2F3N3O4S. The van der Waals surface area contributed by atoms with Crippen LogP contribution in [0.25, 0.3) is 0 Å². The number of benzene rings is 3. The molecule has 0 aliphatic rings. The van der Waals surface area contributed by atoms with Crippen LogP contribution >= 0.6 is 23.2 Å². The van der Waals surface area contributed by atoms with Gasteiger partial charge in [0.15, 0.2) is 0 Å². The number of halogens is 5. The third kappa shape index (κ3) is 8.64. The van der Waals surface area contributed by atoms with Crippen LogP contribution < -0.4 is 9.62 Å². The molecule has 0 saturated carbocycles. The molecule has 0 aliphatic heterocycles. The van der Waals surface area contributed by atoms with E-state index in [-0.39, 0.29) is 17.9 Å². The Labute approximate surface area is 259 Å². The maximum atomic E-state index is 14.1. The Hall–Kier alpha value is -3.28. The Morgan fingerprint density at radius 3 is 2.19 bits per heavy atom. The third-order valence-corrected chi connectivity index (χ3v) is 9.15. The summed E-state index contributed by atoms with van der Waals surface area (Å²) in [7, 11) is -4.56. The van der Waals surface area contributed by atoms with Crippen molar-refractivity contribution in [2.75, 3.05) is 17.4 Å². The van der Waals surface area contributed by atoms with Crippen molar-refractivity contribution in [3.8, 4) is 0 Å². The molecule has 232 valence electrons. The van der Waals surface area contributed by atoms with Crippen molar-refractivity contribution >= 4 is 50.7 Å². The average molecular weight is 659 g/mol. The van der Waals surface area contributed by atoms with Crippen molar-refractivity contribution < 1.29 is 31.2 Å². The van der Waals surface area contributed by atoms with E-state index in [1.807, 2.05) is 6.92 Å². The van der Waals surface area contributed by atoms with E-state index in [4.69, 9.17) is 23.2 Å². The van der Waals surface area contributed by atoms with E-state index in [9.17, 15) is 31.2 Å². The highest BCUT2D eigenvalue weighted by Gasteiger charge is 2.37. The van der Waals surface area contributed by atoms with Crippen LogP contribution in [0.5, 0.6) is 0 Å². The molecular weight excluding hydrogens is 626 g/mol. The number of rotatable bonds is 13. The lowest BCUT2D eigenvalue weighted by Gasteiger charge is -2.33. The molecule has 0 aliphatic carbocycles. The normalized spacial score (nSPS) is 12.4. The van der Waals surface area contributed by atoms with E-state index < -0.39 is 56.9 Å². The fraction of sp³-hybridized carbons (Fsp3) is 0.333. The number of nitrogens with zero attached hydrogens (tertiary/aromatic N) is 2. The highest BCUT2D eigenvalue weighted by molar-refractivity contribution is 7.92. The van der Waals surface area contributed by atoms with E-state index in [1.165, 1.54) is 29.2 Å². The van der Waals surface area contributed by atoms with Crippen LogP contribution in [0.4, 0.5) is 18.9 Å². The molecule has 1 atom stereocenters. The van der Waals surface area contributed by atoms with Gasteiger partial charge in [0.2, 0.25) is 11.8 Å². The number of hydrogen-bond donors (Lipinski definition) is 1. The van der Waals surface area contributed by atoms with Gasteiger partial charge in [0, 0.05) is 18.1 Å². The topological polar surface area (TPSA) is 86.8 Å². The van der Waals surface area contributed by atoms with Crippen LogP contribution in [0.2, 0.25) is 10.0 Å². The van der Waals surface area contributed by atoms with E-state index in [2.05, 4.69) is 5.32 Å². The first kappa shape index (κ1) is 34.2. The number of sulfonamides is 1. The number of anilines is 1. The summed E-state index contributed by atoms with van der Waals surface area (Å²) < 4.78 is 69.6. The van der Waals surface area contributed by atoms with Gasteiger partial charge in [-0.25, -0.2) is 8.42 Å². The van der Waals surface area contributed by atoms with Crippen molar-refractivity contribution in [3.05, 3.63) is 94.0 Å². The molecule has 3 aromatic carbocycles. The fourth-order valence-electron chi connectivity index (χ4n) is 4.37. The summed E-state index contributed by atoms with van der Waals surface area (Å²) in [6.45, 7) is 2.98. The highest BCUT2D eigenvalue weighted by Crippen LogP contribution is 2.38. The molecule has 13 heteroatoms. The molecule has 3 aromatic rings. The van der Waals surface area contributed by atoms with Crippen molar-refractivity contribution in [2.24, 2.45) is 0 Å². The van der Waals surface area contributed by atoms with E-state index in [0.717, 1.165) is 18.6 Å². The van der Waals surface area contributed by atoms with Crippen molar-refractivity contribution in [2.45, 2.75) is 56.8 Å². The van der Waals surface area contributed by atoms with E-state index in [0.29, 0.717) is 33.9 Å². The van der Waals surface area contributed by atoms with Crippen LogP contribution in [0, 0.1) is 0 Å². The van der Waals surface area contributed by atoms with Gasteiger partial charge < -0.3 is 10.2 Å². The first-order chi connectivity index (χ1) is 20.3. The molecule has 0 heterocycles. The number of nitrogens with one attached hydrogen (secondary N) is 1. The standard InChI is InChI=1S/C30H32Cl2F3N3O4S/c1-3-5-17-36-29(40)27(4-2)37(19-21-11-9-10-14-25(21)31)28(39)20-38(43(41,42)23-12-7-6-8-13-23)22-15-16-26(32)24(18-22)30(33,34)35/h6-16,18,27H,3-5,17,19-20H2,1-2H3,(H,36,40)/t27-/m0/s1. The minimum absolute atomic E-state index is 0.147. The summed E-state index contributed by atoms with van der Waals surface area (Å²) in [5.74, 6) is -1.26. The zero-order chi connectivity index (χ0) is 31.8. The molecule has 1 N–H and O–H groups in total. The van der Waals surface area contributed by atoms with E-state index in [1.54, 1.807) is 37.3 Å². The van der Waals surface area contributed by atoms with Crippen LogP contribution in [0.15, 0.2) is 77.7 Å². The average Bonchev–Trinajstić information content (AvgIpc) is 2.97. The summed E-state index contributed by atoms with van der Waals surface area (Å²) >= 11 is 12.2. The molecule has 43 heavy (non-hydrogen) atoms. The number of carbonyl (C=O) groups is 2. The lowest BCUT2D eigenvalue weighted by molar-refractivity contribution is -0.140. The largest absolute Gasteiger partial charge is 0.417 e. The van der Waals surface area contributed by atoms with Gasteiger partial charge in [-0.1, -0.05) is 79.9 Å². The fourth-order valence-corrected chi connectivity index (χ4v) is 6.22. The Kier molecular flexibility index (Phi) is 11.9. The lowest BCUT2D eigenvalue weighted by Crippen LogP contribution is -2.52. The van der Waals surface area contributed by atoms with Gasteiger partial charge in [-0.05, 0) is 54.8 Å². The number of unbranched alkanes of at least 4 members (excludes halogenated alkanes) is 1. The number of alkyl halides is 3. The van der Waals surface area contributed by atoms with Gasteiger partial charge in [0.1, 0.15) is 12.6 Å². The second-order valence-corrected chi connectivity index (χ2v) is 12.3. The molecule has 0 saturated heterocycles. The van der Waals surface area contributed by atoms with Crippen molar-refractivity contribution in [3.63, 3.8) is 0 Å². The second-order valence-electron chi connectivity index (χ2n) is 9.67. The van der Waals surface area contributed by atoms with Gasteiger partial charge in [0.05, 0.1) is 21.2 Å². The summed E-state index contributed by atoms with van der Waals surface area (Å²) in [6, 6.07) is 15.3. The van der Waals surface area contributed by atoms with Gasteiger partial charge in [-0.3, -0.25) is 13.9 Å². The predicted molar refractivity (Wildman–Crippen MR) is 161 cm³/mol. The van der Waals surface area contributed by atoms with Crippen molar-refractivity contribution in [1.82, 2.24) is 10.2 Å². The second kappa shape index (κ2) is 14.9. The van der Waals surface area contributed by atoms with E-state index >= 15 is 0 Å². The molecule has 3 rings (SSSR count). The first-order valence-electron chi connectivity index (χ1n) is 13.6. The summed E-state index contributed by atoms with van der Waals surface area (Å²) in [5, 5.41) is 2.50. The smallest absolute Gasteiger partial charge is 0.354 e. The van der Waals surface area contributed by atoms with Gasteiger partial charge in [-0.2, -0.15) is 13.2 Å². The molecule has 2 amide bonds. The highest BCUT2D eigenvalue weighted by atomic mass is 35.5. The van der Waals surface area contributed by atoms with Crippen LogP contribution in [0.3, 0.4) is 0 Å². The molecule has 0 unspecified atom stereocenters. The number of amides is 2. The zero-order valence-electron chi connectivity index (χ0n) is 23.6. The van der Waals surface area contributed by atoms with Gasteiger partial charge >= 0.3 is 6.18 Å². The number of hydrogen-bond acceptors (Lipinski definition) is 4. The van der Waals surface area contributed by atoms with Gasteiger partial charge in [-0.15, -0.1) is 0 Å². The Morgan fingerprint density at radius 2 is 1.58 bits per heavy atom. The molecule has 7 nitrogen and oxygen atoms in total. The Morgan fingerprint density at radius 1 is 0.930 bits per heavy atom. The minimum Gasteiger partial charge on any atom is -0.354 e. The number of carbonyl (C=O) groups excluding carboxylic acids is 2. The molecule has 0 spiro atoms. The summed E-state index contributed by atoms with van der Waals surface area (Å²) in [6.07, 6.45) is -3.17. The SMILES string of the molecule is CCCCNC(=O)[C@H](CC)N(Cc1ccccc1Cl)C(=O)CN(c1ccc(Cl)c(C(F)(F)F)c1)S(=O)(=O)c1ccccc1. The first-order valence-corrected chi connectivity index (χ1v) is 15.8. The zero-order valence-corrected chi connectivity index (χ0v) is 25.9. The van der Waals surface area contributed by atoms with Crippen LogP contribution in [-0.2, 0) is 32.3 Å². The Bertz CT molecular complexity index is 1520. The molecule has 0 bridgehead atoms. The van der Waals surface area contributed by atoms with Crippen molar-refractivity contribution in [1.29, 1.82) is 0 Å². The maximum absolute atomic E-state index is 14.1. The van der Waals surface area contributed by atoms with Gasteiger partial charge in [0.25, 0.3) is 10.0 Å². The lowest BCUT2D eigenvalue weighted by atomic mass is 10.1. The molecule has 0 aromatic heterocycles. The molecule has 0 fully saturated rings. The summed E-state index contributed by atoms with van der Waals surface area (Å²) in [4.78, 5) is 28.2. The minimum atomic E-state index is -4.89. The molecule has 0 radical (unpaired) electrons. The van der Waals surface area contributed by atoms with Crippen LogP contribution in [0.1, 0.15) is 44.2 Å². The Balaban J connectivity index is 2.12. The predicted octanol–water partition coefficient (Wildman–Crippen LogP) is 6.93. The monoisotopic (exact) mass is 657 g/mol. The maximum Gasteiger partial charge on any atom is 0.417 e.